The fourth-order valence-electron chi connectivity index (χ4n) is 4.04. The number of rotatable bonds is 5. The minimum Gasteiger partial charge on any atom is -0.375 e. The Morgan fingerprint density at radius 3 is 2.83 bits per heavy atom. The maximum atomic E-state index is 11.8. The van der Waals surface area contributed by atoms with Gasteiger partial charge in [-0.25, -0.2) is 0 Å². The van der Waals surface area contributed by atoms with Crippen LogP contribution in [-0.4, -0.2) is 43.7 Å². The van der Waals surface area contributed by atoms with E-state index in [1.165, 1.54) is 12.0 Å². The Hall–Kier alpha value is -1.90. The molecule has 1 saturated heterocycles. The highest BCUT2D eigenvalue weighted by atomic mass is 16.5. The summed E-state index contributed by atoms with van der Waals surface area (Å²) in [5, 5.41) is 12.1. The van der Waals surface area contributed by atoms with Crippen LogP contribution in [0.3, 0.4) is 0 Å². The summed E-state index contributed by atoms with van der Waals surface area (Å²) in [6, 6.07) is 10.4. The molecule has 5 nitrogen and oxygen atoms in total. The Labute approximate surface area is 143 Å². The molecule has 0 aromatic heterocycles. The summed E-state index contributed by atoms with van der Waals surface area (Å²) in [5.41, 5.74) is 2.21. The molecule has 1 aromatic carbocycles. The fourth-order valence-corrected chi connectivity index (χ4v) is 4.04. The molecule has 1 unspecified atom stereocenters. The molecule has 5 heteroatoms. The van der Waals surface area contributed by atoms with Crippen LogP contribution < -0.4 is 5.32 Å². The van der Waals surface area contributed by atoms with Crippen molar-refractivity contribution in [1.82, 2.24) is 10.2 Å². The van der Waals surface area contributed by atoms with Gasteiger partial charge in [0.15, 0.2) is 0 Å². The van der Waals surface area contributed by atoms with Crippen LogP contribution in [0.1, 0.15) is 36.8 Å². The second-order valence-electron chi connectivity index (χ2n) is 7.04. The van der Waals surface area contributed by atoms with Crippen molar-refractivity contribution in [2.75, 3.05) is 26.8 Å². The van der Waals surface area contributed by atoms with Crippen molar-refractivity contribution in [2.24, 2.45) is 5.41 Å². The van der Waals surface area contributed by atoms with Crippen molar-refractivity contribution < 1.29 is 9.53 Å². The van der Waals surface area contributed by atoms with Gasteiger partial charge in [0.25, 0.3) is 0 Å². The van der Waals surface area contributed by atoms with Crippen molar-refractivity contribution in [3.05, 3.63) is 35.4 Å². The number of amides is 1. The van der Waals surface area contributed by atoms with Gasteiger partial charge in [-0.3, -0.25) is 9.69 Å². The van der Waals surface area contributed by atoms with Crippen molar-refractivity contribution in [3.8, 4) is 6.07 Å². The Morgan fingerprint density at radius 2 is 2.21 bits per heavy atom. The number of nitriles is 1. The van der Waals surface area contributed by atoms with Crippen LogP contribution in [-0.2, 0) is 16.1 Å². The molecule has 1 heterocycles. The molecular formula is C19H25N3O2. The largest absolute Gasteiger partial charge is 0.375 e. The van der Waals surface area contributed by atoms with Gasteiger partial charge in [0, 0.05) is 19.7 Å². The molecule has 2 aliphatic rings. The predicted molar refractivity (Wildman–Crippen MR) is 91.1 cm³/mol. The van der Waals surface area contributed by atoms with E-state index >= 15 is 0 Å². The first kappa shape index (κ1) is 16.9. The van der Waals surface area contributed by atoms with Crippen LogP contribution >= 0.6 is 0 Å². The van der Waals surface area contributed by atoms with E-state index in [9.17, 15) is 4.79 Å². The van der Waals surface area contributed by atoms with Crippen LogP contribution in [0.2, 0.25) is 0 Å². The van der Waals surface area contributed by atoms with E-state index in [2.05, 4.69) is 22.4 Å². The number of piperidine rings is 1. The van der Waals surface area contributed by atoms with E-state index in [0.29, 0.717) is 6.04 Å². The molecule has 3 rings (SSSR count). The Bertz CT molecular complexity index is 630. The van der Waals surface area contributed by atoms with Gasteiger partial charge in [0.2, 0.25) is 5.91 Å². The summed E-state index contributed by atoms with van der Waals surface area (Å²) >= 11 is 0. The predicted octanol–water partition coefficient (Wildman–Crippen LogP) is 2.07. The number of carbonyl (C=O) groups is 1. The monoisotopic (exact) mass is 327 g/mol. The quantitative estimate of drug-likeness (QED) is 0.899. The first-order chi connectivity index (χ1) is 11.6. The molecule has 1 atom stereocenters. The summed E-state index contributed by atoms with van der Waals surface area (Å²) in [5.74, 6) is -0.00248. The van der Waals surface area contributed by atoms with E-state index in [1.807, 2.05) is 18.2 Å². The van der Waals surface area contributed by atoms with Crippen LogP contribution in [0.4, 0.5) is 0 Å². The molecule has 128 valence electrons. The van der Waals surface area contributed by atoms with Gasteiger partial charge in [-0.1, -0.05) is 12.1 Å². The highest BCUT2D eigenvalue weighted by Gasteiger charge is 2.48. The number of nitrogens with zero attached hydrogens (tertiary/aromatic N) is 2. The van der Waals surface area contributed by atoms with Crippen molar-refractivity contribution in [3.63, 3.8) is 0 Å². The number of ether oxygens (including phenoxy) is 1. The van der Waals surface area contributed by atoms with E-state index in [0.717, 1.165) is 44.5 Å². The number of methoxy groups -OCH3 is 1. The highest BCUT2D eigenvalue weighted by Crippen LogP contribution is 2.49. The lowest BCUT2D eigenvalue weighted by molar-refractivity contribution is -0.129. The molecule has 2 fully saturated rings. The Morgan fingerprint density at radius 1 is 1.42 bits per heavy atom. The molecule has 1 saturated carbocycles. The number of likely N-dealkylation sites (tertiary alicyclic amines) is 1. The molecule has 1 aliphatic heterocycles. The first-order valence-corrected chi connectivity index (χ1v) is 8.65. The summed E-state index contributed by atoms with van der Waals surface area (Å²) in [7, 11) is 1.55. The van der Waals surface area contributed by atoms with Crippen molar-refractivity contribution in [1.29, 1.82) is 5.26 Å². The van der Waals surface area contributed by atoms with Gasteiger partial charge in [-0.15, -0.1) is 0 Å². The number of hydrogen-bond donors (Lipinski definition) is 1. The minimum absolute atomic E-state index is 0.00248. The lowest BCUT2D eigenvalue weighted by Crippen LogP contribution is -2.59. The average Bonchev–Trinajstić information content (AvgIpc) is 2.60. The number of benzene rings is 1. The molecule has 1 spiro atoms. The third kappa shape index (κ3) is 3.61. The normalized spacial score (nSPS) is 22.6. The van der Waals surface area contributed by atoms with Crippen LogP contribution in [0, 0.1) is 16.7 Å². The smallest absolute Gasteiger partial charge is 0.246 e. The maximum absolute atomic E-state index is 11.8. The van der Waals surface area contributed by atoms with E-state index < -0.39 is 0 Å². The minimum atomic E-state index is -0.00248. The fraction of sp³-hybridized carbons (Fsp3) is 0.579. The van der Waals surface area contributed by atoms with E-state index in [1.54, 1.807) is 7.11 Å². The van der Waals surface area contributed by atoms with E-state index in [4.69, 9.17) is 10.00 Å². The molecule has 1 aliphatic carbocycles. The lowest BCUT2D eigenvalue weighted by atomic mass is 9.59. The van der Waals surface area contributed by atoms with Gasteiger partial charge in [0.05, 0.1) is 11.6 Å². The van der Waals surface area contributed by atoms with Gasteiger partial charge in [-0.2, -0.15) is 5.26 Å². The standard InChI is InChI=1S/C19H25N3O2/c1-24-14-18(23)21-17-5-6-19(17)7-9-22(10-8-19)13-16-4-2-3-15(11-16)12-20/h2-4,11,17H,5-10,13-14H2,1H3,(H,21,23). The zero-order valence-corrected chi connectivity index (χ0v) is 14.3. The second-order valence-corrected chi connectivity index (χ2v) is 7.04. The topological polar surface area (TPSA) is 65.4 Å². The Balaban J connectivity index is 1.52. The SMILES string of the molecule is COCC(=O)NC1CCC12CCN(Cc1cccc(C#N)c1)CC2. The zero-order chi connectivity index (χ0) is 17.0. The third-order valence-corrected chi connectivity index (χ3v) is 5.59. The maximum Gasteiger partial charge on any atom is 0.246 e. The van der Waals surface area contributed by atoms with Crippen molar-refractivity contribution in [2.45, 2.75) is 38.3 Å². The van der Waals surface area contributed by atoms with E-state index in [-0.39, 0.29) is 17.9 Å². The number of carbonyl (C=O) groups excluding carboxylic acids is 1. The summed E-state index contributed by atoms with van der Waals surface area (Å²) < 4.78 is 4.91. The molecule has 1 amide bonds. The summed E-state index contributed by atoms with van der Waals surface area (Å²) in [4.78, 5) is 14.2. The van der Waals surface area contributed by atoms with Gasteiger partial charge in [0.1, 0.15) is 6.61 Å². The molecule has 0 bridgehead atoms. The van der Waals surface area contributed by atoms with Crippen LogP contribution in [0.5, 0.6) is 0 Å². The van der Waals surface area contributed by atoms with Crippen molar-refractivity contribution >= 4 is 5.91 Å². The summed E-state index contributed by atoms with van der Waals surface area (Å²) in [6.45, 7) is 3.14. The highest BCUT2D eigenvalue weighted by molar-refractivity contribution is 5.77. The average molecular weight is 327 g/mol. The van der Waals surface area contributed by atoms with Crippen LogP contribution in [0.25, 0.3) is 0 Å². The second kappa shape index (κ2) is 7.33. The molecule has 1 N–H and O–H groups in total. The summed E-state index contributed by atoms with van der Waals surface area (Å²) in [6.07, 6.45) is 4.55. The van der Waals surface area contributed by atoms with Gasteiger partial charge < -0.3 is 10.1 Å². The number of nitrogens with one attached hydrogen (secondary N) is 1. The number of hydrogen-bond acceptors (Lipinski definition) is 4. The third-order valence-electron chi connectivity index (χ3n) is 5.59. The molecule has 24 heavy (non-hydrogen) atoms. The first-order valence-electron chi connectivity index (χ1n) is 8.65. The van der Waals surface area contributed by atoms with Gasteiger partial charge >= 0.3 is 0 Å². The lowest BCUT2D eigenvalue weighted by Gasteiger charge is -2.54. The Kier molecular flexibility index (Phi) is 5.17. The molecule has 1 aromatic rings. The van der Waals surface area contributed by atoms with Gasteiger partial charge in [-0.05, 0) is 61.9 Å². The molecule has 0 radical (unpaired) electrons. The molecular weight excluding hydrogens is 302 g/mol. The van der Waals surface area contributed by atoms with Crippen LogP contribution in [0.15, 0.2) is 24.3 Å². The zero-order valence-electron chi connectivity index (χ0n) is 14.3.